The van der Waals surface area contributed by atoms with Crippen LogP contribution < -0.4 is 0 Å². The van der Waals surface area contributed by atoms with Crippen LogP contribution >= 0.6 is 0 Å². The highest BCUT2D eigenvalue weighted by molar-refractivity contribution is 5.68. The second-order valence-electron chi connectivity index (χ2n) is 5.82. The van der Waals surface area contributed by atoms with Gasteiger partial charge >= 0.3 is 0 Å². The van der Waals surface area contributed by atoms with E-state index in [1.807, 2.05) is 19.1 Å². The Morgan fingerprint density at radius 2 is 2.00 bits per heavy atom. The highest BCUT2D eigenvalue weighted by Crippen LogP contribution is 2.39. The Morgan fingerprint density at radius 1 is 1.29 bits per heavy atom. The summed E-state index contributed by atoms with van der Waals surface area (Å²) < 4.78 is 13.4. The number of hydrogen-bond acceptors (Lipinski definition) is 1. The van der Waals surface area contributed by atoms with Crippen LogP contribution in [0.4, 0.5) is 4.39 Å². The Labute approximate surface area is 102 Å². The molecule has 0 aliphatic heterocycles. The van der Waals surface area contributed by atoms with Gasteiger partial charge in [-0.05, 0) is 54.0 Å². The first-order valence-electron chi connectivity index (χ1n) is 6.02. The van der Waals surface area contributed by atoms with Crippen molar-refractivity contribution in [2.24, 2.45) is 5.41 Å². The summed E-state index contributed by atoms with van der Waals surface area (Å²) in [6.07, 6.45) is 3.09. The van der Waals surface area contributed by atoms with Crippen molar-refractivity contribution >= 4 is 5.57 Å². The molecule has 1 aromatic carbocycles. The number of halogens is 1. The van der Waals surface area contributed by atoms with Crippen molar-refractivity contribution < 1.29 is 9.50 Å². The van der Waals surface area contributed by atoms with Gasteiger partial charge in [-0.2, -0.15) is 0 Å². The second-order valence-corrected chi connectivity index (χ2v) is 5.82. The van der Waals surface area contributed by atoms with Crippen LogP contribution in [0.25, 0.3) is 5.57 Å². The zero-order valence-electron chi connectivity index (χ0n) is 10.6. The molecule has 1 aliphatic rings. The fraction of sp³-hybridized carbons (Fsp3) is 0.467. The second kappa shape index (κ2) is 4.26. The molecular formula is C15H19FO. The third kappa shape index (κ3) is 2.95. The minimum Gasteiger partial charge on any atom is -0.389 e. The Hall–Kier alpha value is -1.15. The van der Waals surface area contributed by atoms with Crippen LogP contribution in [0.2, 0.25) is 0 Å². The van der Waals surface area contributed by atoms with Crippen LogP contribution in [0.3, 0.4) is 0 Å². The number of benzene rings is 1. The topological polar surface area (TPSA) is 20.2 Å². The first-order valence-corrected chi connectivity index (χ1v) is 6.02. The molecule has 0 saturated heterocycles. The molecule has 0 fully saturated rings. The molecule has 1 aromatic rings. The molecule has 0 radical (unpaired) electrons. The molecule has 0 heterocycles. The van der Waals surface area contributed by atoms with E-state index in [0.717, 1.165) is 29.5 Å². The van der Waals surface area contributed by atoms with E-state index in [2.05, 4.69) is 13.8 Å². The lowest BCUT2D eigenvalue weighted by molar-refractivity contribution is 0.146. The zero-order valence-corrected chi connectivity index (χ0v) is 10.6. The summed E-state index contributed by atoms with van der Waals surface area (Å²) >= 11 is 0. The molecule has 2 heteroatoms. The van der Waals surface area contributed by atoms with E-state index >= 15 is 0 Å². The lowest BCUT2D eigenvalue weighted by atomic mass is 9.74. The minimum atomic E-state index is -0.419. The average Bonchev–Trinajstić information content (AvgIpc) is 2.12. The smallest absolute Gasteiger partial charge is 0.124 e. The van der Waals surface area contributed by atoms with Gasteiger partial charge in [-0.3, -0.25) is 0 Å². The summed E-state index contributed by atoms with van der Waals surface area (Å²) in [6.45, 7) is 6.16. The Morgan fingerprint density at radius 3 is 2.59 bits per heavy atom. The quantitative estimate of drug-likeness (QED) is 0.785. The van der Waals surface area contributed by atoms with Crippen molar-refractivity contribution in [3.8, 4) is 0 Å². The summed E-state index contributed by atoms with van der Waals surface area (Å²) in [5.74, 6) is -0.209. The van der Waals surface area contributed by atoms with E-state index in [1.54, 1.807) is 6.07 Å². The molecule has 1 N–H and O–H groups in total. The van der Waals surface area contributed by atoms with Crippen LogP contribution in [0, 0.1) is 18.2 Å². The molecule has 0 spiro atoms. The predicted molar refractivity (Wildman–Crippen MR) is 68.1 cm³/mol. The largest absolute Gasteiger partial charge is 0.389 e. The Bertz CT molecular complexity index is 440. The van der Waals surface area contributed by atoms with Crippen molar-refractivity contribution in [3.63, 3.8) is 0 Å². The van der Waals surface area contributed by atoms with Crippen molar-refractivity contribution in [1.29, 1.82) is 0 Å². The molecule has 0 aromatic heterocycles. The molecule has 0 bridgehead atoms. The van der Waals surface area contributed by atoms with Crippen molar-refractivity contribution in [2.45, 2.75) is 39.7 Å². The first kappa shape index (κ1) is 12.3. The lowest BCUT2D eigenvalue weighted by Gasteiger charge is -2.32. The normalized spacial score (nSPS) is 23.4. The number of hydrogen-bond donors (Lipinski definition) is 1. The monoisotopic (exact) mass is 234 g/mol. The van der Waals surface area contributed by atoms with Gasteiger partial charge in [-0.1, -0.05) is 26.0 Å². The number of aliphatic hydroxyl groups is 1. The first-order chi connectivity index (χ1) is 7.85. The fourth-order valence-corrected chi connectivity index (χ4v) is 2.62. The number of aliphatic hydroxyl groups excluding tert-OH is 1. The molecule has 1 nitrogen and oxygen atoms in total. The number of allylic oxidation sites excluding steroid dienone is 1. The van der Waals surface area contributed by atoms with E-state index in [4.69, 9.17) is 0 Å². The van der Waals surface area contributed by atoms with Crippen LogP contribution in [0.1, 0.15) is 37.8 Å². The van der Waals surface area contributed by atoms with E-state index in [9.17, 15) is 9.50 Å². The van der Waals surface area contributed by atoms with Crippen LogP contribution in [0.5, 0.6) is 0 Å². The number of aryl methyl sites for hydroxylation is 1. The van der Waals surface area contributed by atoms with Gasteiger partial charge in [-0.15, -0.1) is 0 Å². The number of rotatable bonds is 1. The zero-order chi connectivity index (χ0) is 12.6. The van der Waals surface area contributed by atoms with Crippen molar-refractivity contribution in [2.75, 3.05) is 0 Å². The maximum absolute atomic E-state index is 13.4. The van der Waals surface area contributed by atoms with Crippen LogP contribution in [-0.4, -0.2) is 11.2 Å². The molecule has 92 valence electrons. The molecule has 1 atom stereocenters. The van der Waals surface area contributed by atoms with Crippen LogP contribution in [-0.2, 0) is 0 Å². The Kier molecular flexibility index (Phi) is 3.09. The maximum Gasteiger partial charge on any atom is 0.124 e. The van der Waals surface area contributed by atoms with Gasteiger partial charge < -0.3 is 5.11 Å². The lowest BCUT2D eigenvalue weighted by Crippen LogP contribution is -2.24. The molecular weight excluding hydrogens is 215 g/mol. The molecule has 17 heavy (non-hydrogen) atoms. The molecule has 0 amide bonds. The van der Waals surface area contributed by atoms with Gasteiger partial charge in [0.1, 0.15) is 5.82 Å². The summed E-state index contributed by atoms with van der Waals surface area (Å²) in [5.41, 5.74) is 2.94. The molecule has 1 unspecified atom stereocenters. The third-order valence-electron chi connectivity index (χ3n) is 3.24. The summed E-state index contributed by atoms with van der Waals surface area (Å²) in [4.78, 5) is 0. The Balaban J connectivity index is 2.39. The summed E-state index contributed by atoms with van der Waals surface area (Å²) in [7, 11) is 0. The molecule has 0 saturated carbocycles. The average molecular weight is 234 g/mol. The van der Waals surface area contributed by atoms with Crippen molar-refractivity contribution in [1.82, 2.24) is 0 Å². The van der Waals surface area contributed by atoms with Gasteiger partial charge in [0.2, 0.25) is 0 Å². The van der Waals surface area contributed by atoms with Crippen LogP contribution in [0.15, 0.2) is 24.3 Å². The van der Waals surface area contributed by atoms with Gasteiger partial charge in [0.25, 0.3) is 0 Å². The van der Waals surface area contributed by atoms with Crippen molar-refractivity contribution in [3.05, 3.63) is 41.2 Å². The highest BCUT2D eigenvalue weighted by Gasteiger charge is 2.28. The van der Waals surface area contributed by atoms with Gasteiger partial charge in [0.15, 0.2) is 0 Å². The minimum absolute atomic E-state index is 0.0731. The predicted octanol–water partition coefficient (Wildman–Crippen LogP) is 3.70. The fourth-order valence-electron chi connectivity index (χ4n) is 2.62. The van der Waals surface area contributed by atoms with Gasteiger partial charge in [0.05, 0.1) is 6.10 Å². The maximum atomic E-state index is 13.4. The SMILES string of the molecule is Cc1cc(F)cc(C2=CC(O)CC(C)(C)C2)c1. The van der Waals surface area contributed by atoms with E-state index in [0.29, 0.717) is 0 Å². The van der Waals surface area contributed by atoms with E-state index < -0.39 is 6.10 Å². The standard InChI is InChI=1S/C15H19FO/c1-10-4-11(6-13(16)5-10)12-7-14(17)9-15(2,3)8-12/h4-7,14,17H,8-9H2,1-3H3. The third-order valence-corrected chi connectivity index (χ3v) is 3.24. The summed E-state index contributed by atoms with van der Waals surface area (Å²) in [5, 5.41) is 9.84. The molecule has 1 aliphatic carbocycles. The van der Waals surface area contributed by atoms with Gasteiger partial charge in [-0.25, -0.2) is 4.39 Å². The molecule has 2 rings (SSSR count). The highest BCUT2D eigenvalue weighted by atomic mass is 19.1. The summed E-state index contributed by atoms with van der Waals surface area (Å²) in [6, 6.07) is 5.05. The van der Waals surface area contributed by atoms with E-state index in [-0.39, 0.29) is 11.2 Å². The van der Waals surface area contributed by atoms with Gasteiger partial charge in [0, 0.05) is 0 Å². The van der Waals surface area contributed by atoms with E-state index in [1.165, 1.54) is 6.07 Å².